The number of halogens is 1. The van der Waals surface area contributed by atoms with Crippen LogP contribution >= 0.6 is 11.8 Å². The first kappa shape index (κ1) is 24.7. The molecule has 4 rings (SSSR count). The number of fused-ring (bicyclic) bond motifs is 1. The quantitative estimate of drug-likeness (QED) is 0.531. The number of nitrogens with one attached hydrogen (secondary N) is 1. The second-order valence-electron chi connectivity index (χ2n) is 8.55. The van der Waals surface area contributed by atoms with E-state index >= 15 is 0 Å². The van der Waals surface area contributed by atoms with Crippen molar-refractivity contribution in [2.75, 3.05) is 6.61 Å². The number of thioether (sulfide) groups is 1. The van der Waals surface area contributed by atoms with E-state index in [1.54, 1.807) is 19.1 Å². The first-order valence-electron chi connectivity index (χ1n) is 11.5. The highest BCUT2D eigenvalue weighted by atomic mass is 32.2. The predicted molar refractivity (Wildman–Crippen MR) is 136 cm³/mol. The molecule has 6 nitrogen and oxygen atoms in total. The highest BCUT2D eigenvalue weighted by molar-refractivity contribution is 8.16. The summed E-state index contributed by atoms with van der Waals surface area (Å²) >= 11 is 1.44. The predicted octanol–water partition coefficient (Wildman–Crippen LogP) is 5.29. The number of amidine groups is 1. The number of hydrogen-bond donors (Lipinski definition) is 1. The van der Waals surface area contributed by atoms with Crippen LogP contribution in [0.4, 0.5) is 4.39 Å². The molecule has 0 spiro atoms. The van der Waals surface area contributed by atoms with Crippen LogP contribution in [0.5, 0.6) is 0 Å². The summed E-state index contributed by atoms with van der Waals surface area (Å²) in [7, 11) is 0. The molecule has 0 saturated carbocycles. The van der Waals surface area contributed by atoms with Gasteiger partial charge in [0, 0.05) is 12.2 Å². The summed E-state index contributed by atoms with van der Waals surface area (Å²) in [6.07, 6.45) is 0.115. The van der Waals surface area contributed by atoms with Gasteiger partial charge in [-0.15, -0.1) is 0 Å². The van der Waals surface area contributed by atoms with Crippen molar-refractivity contribution in [2.45, 2.75) is 46.7 Å². The smallest absolute Gasteiger partial charge is 0.338 e. The van der Waals surface area contributed by atoms with Crippen LogP contribution in [0.1, 0.15) is 48.6 Å². The standard InChI is InChI=1S/C27H28FN3O3S/c1-5-34-26(33)24-18(4)30-27-31(25(24)22-11-6-16(2)12-17(22)3)21(15-35-27)13-23(32)29-14-19-7-9-20(28)10-8-19/h6-12,15,25H,5,13-14H2,1-4H3,(H,29,32)/t25-/m1/s1. The van der Waals surface area contributed by atoms with Gasteiger partial charge in [0.25, 0.3) is 0 Å². The van der Waals surface area contributed by atoms with E-state index in [0.717, 1.165) is 33.1 Å². The largest absolute Gasteiger partial charge is 0.463 e. The van der Waals surface area contributed by atoms with Crippen LogP contribution in [0.3, 0.4) is 0 Å². The maximum Gasteiger partial charge on any atom is 0.338 e. The summed E-state index contributed by atoms with van der Waals surface area (Å²) < 4.78 is 18.6. The third-order valence-corrected chi connectivity index (χ3v) is 6.85. The summed E-state index contributed by atoms with van der Waals surface area (Å²) in [4.78, 5) is 32.6. The first-order chi connectivity index (χ1) is 16.8. The summed E-state index contributed by atoms with van der Waals surface area (Å²) in [5.74, 6) is -0.899. The number of hydrogen-bond acceptors (Lipinski definition) is 6. The number of ether oxygens (including phenoxy) is 1. The molecule has 1 amide bonds. The molecule has 0 bridgehead atoms. The van der Waals surface area contributed by atoms with Gasteiger partial charge in [0.05, 0.1) is 30.3 Å². The van der Waals surface area contributed by atoms with Gasteiger partial charge in [0.15, 0.2) is 5.17 Å². The lowest BCUT2D eigenvalue weighted by Crippen LogP contribution is -2.38. The van der Waals surface area contributed by atoms with Gasteiger partial charge in [0.2, 0.25) is 5.91 Å². The second kappa shape index (κ2) is 10.5. The molecule has 0 unspecified atom stereocenters. The number of allylic oxidation sites excluding steroid dienone is 1. The third-order valence-electron chi connectivity index (χ3n) is 5.96. The van der Waals surface area contributed by atoms with Crippen LogP contribution in [0, 0.1) is 19.7 Å². The van der Waals surface area contributed by atoms with E-state index in [-0.39, 0.29) is 24.8 Å². The van der Waals surface area contributed by atoms with Gasteiger partial charge in [-0.05, 0) is 61.9 Å². The fourth-order valence-corrected chi connectivity index (χ4v) is 5.26. The molecule has 8 heteroatoms. The molecule has 2 aromatic rings. The summed E-state index contributed by atoms with van der Waals surface area (Å²) in [6.45, 7) is 8.21. The minimum absolute atomic E-state index is 0.115. The Morgan fingerprint density at radius 3 is 2.57 bits per heavy atom. The topological polar surface area (TPSA) is 71.0 Å². The van der Waals surface area contributed by atoms with Gasteiger partial charge >= 0.3 is 5.97 Å². The van der Waals surface area contributed by atoms with Gasteiger partial charge in [-0.1, -0.05) is 47.7 Å². The Balaban J connectivity index is 1.62. The van der Waals surface area contributed by atoms with Crippen molar-refractivity contribution in [3.63, 3.8) is 0 Å². The van der Waals surface area contributed by atoms with Gasteiger partial charge in [-0.2, -0.15) is 0 Å². The van der Waals surface area contributed by atoms with Crippen LogP contribution in [0.15, 0.2) is 69.8 Å². The van der Waals surface area contributed by atoms with Crippen LogP contribution in [0.25, 0.3) is 0 Å². The van der Waals surface area contributed by atoms with Crippen molar-refractivity contribution in [3.8, 4) is 0 Å². The zero-order valence-electron chi connectivity index (χ0n) is 20.2. The van der Waals surface area contributed by atoms with Crippen molar-refractivity contribution in [1.29, 1.82) is 0 Å². The molecule has 2 heterocycles. The zero-order chi connectivity index (χ0) is 25.1. The van der Waals surface area contributed by atoms with Crippen molar-refractivity contribution in [1.82, 2.24) is 10.2 Å². The fourth-order valence-electron chi connectivity index (χ4n) is 4.30. The minimum Gasteiger partial charge on any atom is -0.463 e. The van der Waals surface area contributed by atoms with Crippen LogP contribution < -0.4 is 5.32 Å². The van der Waals surface area contributed by atoms with E-state index in [1.807, 2.05) is 43.2 Å². The Bertz CT molecular complexity index is 1250. The molecule has 35 heavy (non-hydrogen) atoms. The van der Waals surface area contributed by atoms with E-state index in [2.05, 4.69) is 16.4 Å². The minimum atomic E-state index is -0.451. The lowest BCUT2D eigenvalue weighted by atomic mass is 9.90. The average Bonchev–Trinajstić information content (AvgIpc) is 3.20. The zero-order valence-corrected chi connectivity index (χ0v) is 21.0. The fraction of sp³-hybridized carbons (Fsp3) is 0.296. The number of rotatable bonds is 7. The molecule has 0 aromatic heterocycles. The summed E-state index contributed by atoms with van der Waals surface area (Å²) in [5, 5.41) is 5.53. The molecular formula is C27H28FN3O3S. The lowest BCUT2D eigenvalue weighted by molar-refractivity contribution is -0.139. The summed E-state index contributed by atoms with van der Waals surface area (Å²) in [5.41, 5.74) is 5.79. The normalized spacial score (nSPS) is 17.1. The van der Waals surface area contributed by atoms with E-state index in [1.165, 1.54) is 23.9 Å². The van der Waals surface area contributed by atoms with E-state index < -0.39 is 12.0 Å². The maximum absolute atomic E-state index is 13.2. The second-order valence-corrected chi connectivity index (χ2v) is 9.39. The number of aryl methyl sites for hydroxylation is 2. The molecule has 182 valence electrons. The van der Waals surface area contributed by atoms with Crippen LogP contribution in [0.2, 0.25) is 0 Å². The number of esters is 1. The van der Waals surface area contributed by atoms with Gasteiger partial charge in [-0.25, -0.2) is 14.2 Å². The number of amides is 1. The molecule has 0 saturated heterocycles. The van der Waals surface area contributed by atoms with E-state index in [9.17, 15) is 14.0 Å². The molecule has 0 radical (unpaired) electrons. The number of aliphatic imine (C=N–C) groups is 1. The molecule has 1 atom stereocenters. The average molecular weight is 494 g/mol. The lowest BCUT2D eigenvalue weighted by Gasteiger charge is -2.37. The molecule has 2 aliphatic heterocycles. The Morgan fingerprint density at radius 1 is 1.14 bits per heavy atom. The number of benzene rings is 2. The Labute approximate surface area is 209 Å². The molecule has 0 fully saturated rings. The highest BCUT2D eigenvalue weighted by Crippen LogP contribution is 2.45. The summed E-state index contributed by atoms with van der Waals surface area (Å²) in [6, 6.07) is 11.7. The van der Waals surface area contributed by atoms with Gasteiger partial charge < -0.3 is 15.0 Å². The third kappa shape index (κ3) is 5.32. The van der Waals surface area contributed by atoms with Crippen molar-refractivity contribution in [3.05, 3.63) is 92.9 Å². The number of nitrogens with zero attached hydrogens (tertiary/aromatic N) is 2. The Morgan fingerprint density at radius 2 is 1.89 bits per heavy atom. The Hall–Kier alpha value is -3.39. The molecule has 2 aromatic carbocycles. The SMILES string of the molecule is CCOC(=O)C1=C(C)N=C2SC=C(CC(=O)NCc3ccc(F)cc3)N2[C@@H]1c1ccc(C)cc1C. The molecule has 0 aliphatic carbocycles. The van der Waals surface area contributed by atoms with Gasteiger partial charge in [0.1, 0.15) is 5.82 Å². The number of carbonyl (C=O) groups excluding carboxylic acids is 2. The van der Waals surface area contributed by atoms with E-state index in [4.69, 9.17) is 4.74 Å². The monoisotopic (exact) mass is 493 g/mol. The van der Waals surface area contributed by atoms with Crippen LogP contribution in [-0.4, -0.2) is 28.6 Å². The number of carbonyl (C=O) groups is 2. The molecule has 2 aliphatic rings. The Kier molecular flexibility index (Phi) is 7.40. The maximum atomic E-state index is 13.2. The van der Waals surface area contributed by atoms with Crippen LogP contribution in [-0.2, 0) is 20.9 Å². The van der Waals surface area contributed by atoms with Gasteiger partial charge in [-0.3, -0.25) is 4.79 Å². The first-order valence-corrected chi connectivity index (χ1v) is 12.4. The highest BCUT2D eigenvalue weighted by Gasteiger charge is 2.41. The van der Waals surface area contributed by atoms with Crippen molar-refractivity contribution < 1.29 is 18.7 Å². The molecule has 1 N–H and O–H groups in total. The van der Waals surface area contributed by atoms with E-state index in [0.29, 0.717) is 17.8 Å². The van der Waals surface area contributed by atoms with Crippen molar-refractivity contribution in [2.24, 2.45) is 4.99 Å². The molecular weight excluding hydrogens is 465 g/mol. The van der Waals surface area contributed by atoms with Crippen molar-refractivity contribution >= 4 is 28.8 Å².